The van der Waals surface area contributed by atoms with Gasteiger partial charge in [0.2, 0.25) is 0 Å². The molecule has 30 heavy (non-hydrogen) atoms. The molecule has 6 heteroatoms. The van der Waals surface area contributed by atoms with E-state index in [4.69, 9.17) is 16.3 Å². The van der Waals surface area contributed by atoms with Gasteiger partial charge >= 0.3 is 0 Å². The first-order valence-corrected chi connectivity index (χ1v) is 11.3. The lowest BCUT2D eigenvalue weighted by Gasteiger charge is -2.36. The van der Waals surface area contributed by atoms with E-state index in [9.17, 15) is 4.79 Å². The van der Waals surface area contributed by atoms with Crippen molar-refractivity contribution in [3.05, 3.63) is 86.6 Å². The number of benzene rings is 2. The highest BCUT2D eigenvalue weighted by molar-refractivity contribution is 7.10. The summed E-state index contributed by atoms with van der Waals surface area (Å²) in [7, 11) is 4.03. The van der Waals surface area contributed by atoms with Crippen molar-refractivity contribution in [2.75, 3.05) is 33.8 Å². The Balaban J connectivity index is 1.57. The highest BCUT2D eigenvalue weighted by Crippen LogP contribution is 2.38. The number of fused-ring (bicyclic) bond motifs is 1. The first kappa shape index (κ1) is 20.9. The summed E-state index contributed by atoms with van der Waals surface area (Å²) in [6.45, 7) is 2.16. The van der Waals surface area contributed by atoms with Gasteiger partial charge in [-0.25, -0.2) is 0 Å². The Morgan fingerprint density at radius 3 is 2.57 bits per heavy atom. The molecule has 0 saturated heterocycles. The van der Waals surface area contributed by atoms with Crippen LogP contribution in [0.15, 0.2) is 60.0 Å². The standard InChI is InChI=1S/C24H25ClN2O2S/c1-26(2)14-15-29-20-9-5-18(6-10-20)24(28)27-13-11-22-21(12-16-30-22)23(27)17-3-7-19(25)8-4-17/h3-10,12,16,23H,11,13-15H2,1-2H3. The van der Waals surface area contributed by atoms with Crippen molar-refractivity contribution in [2.45, 2.75) is 12.5 Å². The average Bonchev–Trinajstić information content (AvgIpc) is 3.22. The molecule has 3 aromatic rings. The zero-order chi connectivity index (χ0) is 21.1. The molecule has 1 aromatic heterocycles. The molecule has 4 nitrogen and oxygen atoms in total. The van der Waals surface area contributed by atoms with Crippen LogP contribution in [0.3, 0.4) is 0 Å². The summed E-state index contributed by atoms with van der Waals surface area (Å²) in [6, 6.07) is 17.3. The number of rotatable bonds is 6. The number of carbonyl (C=O) groups excluding carboxylic acids is 1. The minimum atomic E-state index is -0.0965. The van der Waals surface area contributed by atoms with Crippen LogP contribution in [0.5, 0.6) is 5.75 Å². The molecule has 2 aromatic carbocycles. The predicted molar refractivity (Wildman–Crippen MR) is 123 cm³/mol. The third-order valence-corrected chi connectivity index (χ3v) is 6.57. The molecule has 1 aliphatic rings. The Labute approximate surface area is 186 Å². The van der Waals surface area contributed by atoms with Crippen LogP contribution >= 0.6 is 22.9 Å². The van der Waals surface area contributed by atoms with Gasteiger partial charge in [0.25, 0.3) is 5.91 Å². The van der Waals surface area contributed by atoms with E-state index in [-0.39, 0.29) is 11.9 Å². The van der Waals surface area contributed by atoms with E-state index in [0.29, 0.717) is 23.7 Å². The third-order valence-electron chi connectivity index (χ3n) is 5.32. The lowest BCUT2D eigenvalue weighted by atomic mass is 9.92. The third kappa shape index (κ3) is 4.53. The number of ether oxygens (including phenoxy) is 1. The van der Waals surface area contributed by atoms with Gasteiger partial charge in [-0.05, 0) is 79.5 Å². The maximum atomic E-state index is 13.5. The number of likely N-dealkylation sites (N-methyl/N-ethyl adjacent to an activating group) is 1. The molecule has 156 valence electrons. The summed E-state index contributed by atoms with van der Waals surface area (Å²) in [4.78, 5) is 18.8. The lowest BCUT2D eigenvalue weighted by Crippen LogP contribution is -2.40. The van der Waals surface area contributed by atoms with E-state index in [1.165, 1.54) is 10.4 Å². The first-order chi connectivity index (χ1) is 14.5. The van der Waals surface area contributed by atoms with Crippen LogP contribution in [-0.2, 0) is 6.42 Å². The smallest absolute Gasteiger partial charge is 0.254 e. The fourth-order valence-corrected chi connectivity index (χ4v) is 4.78. The van der Waals surface area contributed by atoms with Gasteiger partial charge in [-0.1, -0.05) is 23.7 Å². The van der Waals surface area contributed by atoms with Crippen LogP contribution in [0.1, 0.15) is 32.4 Å². The summed E-state index contributed by atoms with van der Waals surface area (Å²) in [5.74, 6) is 0.813. The number of amides is 1. The number of hydrogen-bond donors (Lipinski definition) is 0. The second kappa shape index (κ2) is 9.21. The van der Waals surface area contributed by atoms with Gasteiger partial charge < -0.3 is 14.5 Å². The zero-order valence-corrected chi connectivity index (χ0v) is 18.7. The summed E-state index contributed by atoms with van der Waals surface area (Å²) in [5.41, 5.74) is 2.97. The van der Waals surface area contributed by atoms with Crippen LogP contribution in [0.25, 0.3) is 0 Å². The van der Waals surface area contributed by atoms with Gasteiger partial charge in [-0.2, -0.15) is 0 Å². The Bertz CT molecular complexity index is 999. The second-order valence-corrected chi connectivity index (χ2v) is 9.11. The van der Waals surface area contributed by atoms with Crippen molar-refractivity contribution in [3.63, 3.8) is 0 Å². The summed E-state index contributed by atoms with van der Waals surface area (Å²) >= 11 is 7.86. The molecule has 0 fully saturated rings. The molecule has 4 rings (SSSR count). The van der Waals surface area contributed by atoms with Crippen molar-refractivity contribution < 1.29 is 9.53 Å². The fourth-order valence-electron chi connectivity index (χ4n) is 3.75. The Hall–Kier alpha value is -2.34. The van der Waals surface area contributed by atoms with Gasteiger partial charge in [0, 0.05) is 28.6 Å². The number of thiophene rings is 1. The Kier molecular flexibility index (Phi) is 6.42. The van der Waals surface area contributed by atoms with Gasteiger partial charge in [-0.3, -0.25) is 4.79 Å². The molecule has 0 spiro atoms. The van der Waals surface area contributed by atoms with Crippen molar-refractivity contribution in [3.8, 4) is 5.75 Å². The SMILES string of the molecule is CN(C)CCOc1ccc(C(=O)N2CCc3sccc3C2c2ccc(Cl)cc2)cc1. The molecular formula is C24H25ClN2O2S. The molecule has 0 saturated carbocycles. The molecule has 0 bridgehead atoms. The van der Waals surface area contributed by atoms with E-state index in [1.807, 2.05) is 67.5 Å². The van der Waals surface area contributed by atoms with Crippen molar-refractivity contribution in [1.29, 1.82) is 0 Å². The van der Waals surface area contributed by atoms with E-state index in [1.54, 1.807) is 11.3 Å². The van der Waals surface area contributed by atoms with Crippen LogP contribution in [-0.4, -0.2) is 49.5 Å². The Morgan fingerprint density at radius 1 is 1.13 bits per heavy atom. The molecular weight excluding hydrogens is 416 g/mol. The molecule has 1 atom stereocenters. The quantitative estimate of drug-likeness (QED) is 0.532. The Morgan fingerprint density at radius 2 is 1.87 bits per heavy atom. The van der Waals surface area contributed by atoms with Crippen molar-refractivity contribution in [2.24, 2.45) is 0 Å². The molecule has 0 radical (unpaired) electrons. The van der Waals surface area contributed by atoms with E-state index < -0.39 is 0 Å². The number of nitrogens with zero attached hydrogens (tertiary/aromatic N) is 2. The van der Waals surface area contributed by atoms with E-state index in [0.717, 1.165) is 24.3 Å². The maximum Gasteiger partial charge on any atom is 0.254 e. The highest BCUT2D eigenvalue weighted by atomic mass is 35.5. The molecule has 0 aliphatic carbocycles. The lowest BCUT2D eigenvalue weighted by molar-refractivity contribution is 0.0696. The first-order valence-electron chi connectivity index (χ1n) is 10.0. The fraction of sp³-hybridized carbons (Fsp3) is 0.292. The number of halogens is 1. The number of carbonyl (C=O) groups is 1. The molecule has 1 unspecified atom stereocenters. The average molecular weight is 441 g/mol. The summed E-state index contributed by atoms with van der Waals surface area (Å²) < 4.78 is 5.76. The largest absolute Gasteiger partial charge is 0.492 e. The molecule has 1 aliphatic heterocycles. The zero-order valence-electron chi connectivity index (χ0n) is 17.2. The summed E-state index contributed by atoms with van der Waals surface area (Å²) in [5, 5.41) is 2.81. The van der Waals surface area contributed by atoms with Gasteiger partial charge in [0.05, 0.1) is 6.04 Å². The van der Waals surface area contributed by atoms with Crippen LogP contribution in [0.2, 0.25) is 5.02 Å². The van der Waals surface area contributed by atoms with Gasteiger partial charge in [-0.15, -0.1) is 11.3 Å². The van der Waals surface area contributed by atoms with Crippen molar-refractivity contribution >= 4 is 28.8 Å². The van der Waals surface area contributed by atoms with Gasteiger partial charge in [0.1, 0.15) is 12.4 Å². The van der Waals surface area contributed by atoms with Crippen LogP contribution in [0.4, 0.5) is 0 Å². The number of hydrogen-bond acceptors (Lipinski definition) is 4. The van der Waals surface area contributed by atoms with Crippen LogP contribution < -0.4 is 4.74 Å². The van der Waals surface area contributed by atoms with E-state index in [2.05, 4.69) is 16.3 Å². The van der Waals surface area contributed by atoms with Crippen LogP contribution in [0, 0.1) is 0 Å². The minimum Gasteiger partial charge on any atom is -0.492 e. The van der Waals surface area contributed by atoms with Crippen molar-refractivity contribution in [1.82, 2.24) is 9.80 Å². The molecule has 0 N–H and O–H groups in total. The highest BCUT2D eigenvalue weighted by Gasteiger charge is 2.33. The monoisotopic (exact) mass is 440 g/mol. The predicted octanol–water partition coefficient (Wildman–Crippen LogP) is 5.13. The maximum absolute atomic E-state index is 13.5. The molecule has 2 heterocycles. The second-order valence-electron chi connectivity index (χ2n) is 7.68. The van der Waals surface area contributed by atoms with Gasteiger partial charge in [0.15, 0.2) is 0 Å². The summed E-state index contributed by atoms with van der Waals surface area (Å²) in [6.07, 6.45) is 0.883. The molecule has 1 amide bonds. The topological polar surface area (TPSA) is 32.8 Å². The minimum absolute atomic E-state index is 0.0339. The van der Waals surface area contributed by atoms with E-state index >= 15 is 0 Å². The normalized spacial score (nSPS) is 15.9.